The Labute approximate surface area is 119 Å². The summed E-state index contributed by atoms with van der Waals surface area (Å²) >= 11 is 0. The summed E-state index contributed by atoms with van der Waals surface area (Å²) in [7, 11) is -1.77. The molecule has 6 heteroatoms. The normalized spacial score (nSPS) is 21.1. The second-order valence-corrected chi connectivity index (χ2v) is 7.78. The second-order valence-electron chi connectivity index (χ2n) is 6.06. The van der Waals surface area contributed by atoms with Gasteiger partial charge in [-0.2, -0.15) is 0 Å². The molecule has 1 aliphatic heterocycles. The number of sulfonamides is 1. The average molecular weight is 294 g/mol. The van der Waals surface area contributed by atoms with Gasteiger partial charge in [-0.15, -0.1) is 0 Å². The van der Waals surface area contributed by atoms with Crippen LogP contribution in [-0.4, -0.2) is 27.4 Å². The summed E-state index contributed by atoms with van der Waals surface area (Å²) in [6.07, 6.45) is 1.80. The van der Waals surface area contributed by atoms with Gasteiger partial charge in [-0.3, -0.25) is 4.79 Å². The van der Waals surface area contributed by atoms with E-state index in [1.165, 1.54) is 0 Å². The van der Waals surface area contributed by atoms with Crippen molar-refractivity contribution in [2.24, 2.45) is 0 Å². The summed E-state index contributed by atoms with van der Waals surface area (Å²) in [6.45, 7) is 3.64. The summed E-state index contributed by atoms with van der Waals surface area (Å²) in [4.78, 5) is 14.0. The number of carbonyl (C=O) groups is 1. The molecular formula is C14H18N2O3S. The molecule has 0 bridgehead atoms. The largest absolute Gasteiger partial charge is 0.314 e. The van der Waals surface area contributed by atoms with Gasteiger partial charge in [-0.25, -0.2) is 13.1 Å². The van der Waals surface area contributed by atoms with Gasteiger partial charge in [0.2, 0.25) is 15.9 Å². The van der Waals surface area contributed by atoms with Crippen LogP contribution in [0.2, 0.25) is 0 Å². The van der Waals surface area contributed by atoms with E-state index in [1.54, 1.807) is 30.1 Å². The molecule has 108 valence electrons. The number of amides is 1. The average Bonchev–Trinajstić information content (AvgIpc) is 3.16. The molecule has 1 N–H and O–H groups in total. The predicted octanol–water partition coefficient (Wildman–Crippen LogP) is 1.38. The standard InChI is InChI=1S/C14H18N2O3S/c1-14(2)11-8-10(20(18,19)15-9-4-5-9)6-7-12(11)16(3)13(14)17/h6-9,15H,4-5H2,1-3H3. The van der Waals surface area contributed by atoms with Crippen molar-refractivity contribution >= 4 is 21.6 Å². The van der Waals surface area contributed by atoms with Crippen LogP contribution in [0.25, 0.3) is 0 Å². The van der Waals surface area contributed by atoms with Crippen molar-refractivity contribution in [2.75, 3.05) is 11.9 Å². The zero-order chi connectivity index (χ0) is 14.7. The monoisotopic (exact) mass is 294 g/mol. The van der Waals surface area contributed by atoms with E-state index in [2.05, 4.69) is 4.72 Å². The second kappa shape index (κ2) is 4.05. The number of nitrogens with zero attached hydrogens (tertiary/aromatic N) is 1. The maximum absolute atomic E-state index is 12.2. The zero-order valence-electron chi connectivity index (χ0n) is 11.8. The van der Waals surface area contributed by atoms with Crippen LogP contribution in [0.3, 0.4) is 0 Å². The Balaban J connectivity index is 2.06. The summed E-state index contributed by atoms with van der Waals surface area (Å²) in [5.41, 5.74) is 0.865. The molecule has 0 saturated heterocycles. The quantitative estimate of drug-likeness (QED) is 0.916. The van der Waals surface area contributed by atoms with Gasteiger partial charge in [0.15, 0.2) is 0 Å². The molecule has 0 radical (unpaired) electrons. The van der Waals surface area contributed by atoms with E-state index < -0.39 is 15.4 Å². The van der Waals surface area contributed by atoms with Crippen molar-refractivity contribution in [1.29, 1.82) is 0 Å². The number of anilines is 1. The van der Waals surface area contributed by atoms with Crippen LogP contribution in [0.15, 0.2) is 23.1 Å². The molecule has 0 unspecified atom stereocenters. The first-order chi connectivity index (χ1) is 9.23. The molecule has 0 atom stereocenters. The van der Waals surface area contributed by atoms with Gasteiger partial charge in [-0.1, -0.05) is 0 Å². The minimum absolute atomic E-state index is 0.0165. The van der Waals surface area contributed by atoms with Crippen LogP contribution < -0.4 is 9.62 Å². The lowest BCUT2D eigenvalue weighted by Crippen LogP contribution is -2.33. The molecule has 1 amide bonds. The topological polar surface area (TPSA) is 66.5 Å². The fourth-order valence-corrected chi connectivity index (χ4v) is 3.94. The lowest BCUT2D eigenvalue weighted by Gasteiger charge is -2.16. The van der Waals surface area contributed by atoms with Crippen LogP contribution in [0.1, 0.15) is 32.3 Å². The molecular weight excluding hydrogens is 276 g/mol. The van der Waals surface area contributed by atoms with E-state index in [0.29, 0.717) is 0 Å². The molecule has 5 nitrogen and oxygen atoms in total. The number of hydrogen-bond donors (Lipinski definition) is 1. The van der Waals surface area contributed by atoms with E-state index in [4.69, 9.17) is 0 Å². The summed E-state index contributed by atoms with van der Waals surface area (Å²) < 4.78 is 27.2. The van der Waals surface area contributed by atoms with Crippen molar-refractivity contribution in [1.82, 2.24) is 4.72 Å². The molecule has 1 saturated carbocycles. The molecule has 0 spiro atoms. The Morgan fingerprint density at radius 1 is 1.30 bits per heavy atom. The number of hydrogen-bond acceptors (Lipinski definition) is 3. The first-order valence-corrected chi connectivity index (χ1v) is 8.17. The molecule has 3 rings (SSSR count). The third-order valence-electron chi connectivity index (χ3n) is 4.05. The fourth-order valence-electron chi connectivity index (χ4n) is 2.61. The highest BCUT2D eigenvalue weighted by Crippen LogP contribution is 2.41. The van der Waals surface area contributed by atoms with Gasteiger partial charge >= 0.3 is 0 Å². The molecule has 1 aliphatic carbocycles. The molecule has 0 aromatic heterocycles. The molecule has 20 heavy (non-hydrogen) atoms. The lowest BCUT2D eigenvalue weighted by atomic mass is 9.86. The van der Waals surface area contributed by atoms with Gasteiger partial charge in [0, 0.05) is 18.8 Å². The van der Waals surface area contributed by atoms with Crippen LogP contribution >= 0.6 is 0 Å². The zero-order valence-corrected chi connectivity index (χ0v) is 12.6. The summed E-state index contributed by atoms with van der Waals surface area (Å²) in [5.74, 6) is -0.0165. The SMILES string of the molecule is CN1C(=O)C(C)(C)c2cc(S(=O)(=O)NC3CC3)ccc21. The minimum Gasteiger partial charge on any atom is -0.314 e. The van der Waals surface area contributed by atoms with Crippen molar-refractivity contribution in [3.63, 3.8) is 0 Å². The van der Waals surface area contributed by atoms with Crippen LogP contribution in [0.5, 0.6) is 0 Å². The van der Waals surface area contributed by atoms with Crippen LogP contribution in [0, 0.1) is 0 Å². The maximum atomic E-state index is 12.2. The highest BCUT2D eigenvalue weighted by Gasteiger charge is 2.43. The summed E-state index contributed by atoms with van der Waals surface area (Å²) in [5, 5.41) is 0. The Morgan fingerprint density at radius 2 is 1.95 bits per heavy atom. The van der Waals surface area contributed by atoms with E-state index in [0.717, 1.165) is 24.1 Å². The van der Waals surface area contributed by atoms with Crippen molar-refractivity contribution in [3.05, 3.63) is 23.8 Å². The highest BCUT2D eigenvalue weighted by molar-refractivity contribution is 7.89. The van der Waals surface area contributed by atoms with Crippen molar-refractivity contribution < 1.29 is 13.2 Å². The number of carbonyl (C=O) groups excluding carboxylic acids is 1. The Bertz CT molecular complexity index is 690. The Morgan fingerprint density at radius 3 is 2.55 bits per heavy atom. The van der Waals surface area contributed by atoms with Crippen LogP contribution in [0.4, 0.5) is 5.69 Å². The number of rotatable bonds is 3. The highest BCUT2D eigenvalue weighted by atomic mass is 32.2. The molecule has 1 aromatic carbocycles. The smallest absolute Gasteiger partial charge is 0.240 e. The summed E-state index contributed by atoms with van der Waals surface area (Å²) in [6, 6.07) is 4.98. The van der Waals surface area contributed by atoms with E-state index in [-0.39, 0.29) is 16.8 Å². The predicted molar refractivity (Wildman–Crippen MR) is 76.2 cm³/mol. The Hall–Kier alpha value is -1.40. The third-order valence-corrected chi connectivity index (χ3v) is 5.57. The molecule has 1 heterocycles. The number of fused-ring (bicyclic) bond motifs is 1. The van der Waals surface area contributed by atoms with E-state index in [1.807, 2.05) is 13.8 Å². The number of benzene rings is 1. The van der Waals surface area contributed by atoms with Gasteiger partial charge in [-0.05, 0) is 50.5 Å². The molecule has 1 aromatic rings. The first kappa shape index (κ1) is 13.6. The minimum atomic E-state index is -3.48. The maximum Gasteiger partial charge on any atom is 0.240 e. The molecule has 1 fully saturated rings. The van der Waals surface area contributed by atoms with Gasteiger partial charge in [0.05, 0.1) is 10.3 Å². The van der Waals surface area contributed by atoms with Gasteiger partial charge in [0.25, 0.3) is 0 Å². The molecule has 2 aliphatic rings. The number of likely N-dealkylation sites (N-methyl/N-ethyl adjacent to an activating group) is 1. The van der Waals surface area contributed by atoms with E-state index in [9.17, 15) is 13.2 Å². The number of nitrogens with one attached hydrogen (secondary N) is 1. The van der Waals surface area contributed by atoms with Crippen LogP contribution in [-0.2, 0) is 20.2 Å². The van der Waals surface area contributed by atoms with E-state index >= 15 is 0 Å². The van der Waals surface area contributed by atoms with Gasteiger partial charge in [0.1, 0.15) is 0 Å². The van der Waals surface area contributed by atoms with Crippen molar-refractivity contribution in [2.45, 2.75) is 43.0 Å². The lowest BCUT2D eigenvalue weighted by molar-refractivity contribution is -0.121. The third kappa shape index (κ3) is 1.94. The Kier molecular flexibility index (Phi) is 2.75. The van der Waals surface area contributed by atoms with Gasteiger partial charge < -0.3 is 4.90 Å². The fraction of sp³-hybridized carbons (Fsp3) is 0.500. The van der Waals surface area contributed by atoms with Crippen molar-refractivity contribution in [3.8, 4) is 0 Å². The first-order valence-electron chi connectivity index (χ1n) is 6.68.